The number of rotatable bonds is 4. The van der Waals surface area contributed by atoms with Crippen LogP contribution in [0.4, 0.5) is 4.39 Å². The summed E-state index contributed by atoms with van der Waals surface area (Å²) >= 11 is 0. The molecule has 0 bridgehead atoms. The van der Waals surface area contributed by atoms with E-state index in [1.807, 2.05) is 6.07 Å². The third-order valence-corrected chi connectivity index (χ3v) is 2.85. The largest absolute Gasteiger partial charge is 0.489 e. The normalized spacial score (nSPS) is 14.2. The van der Waals surface area contributed by atoms with Crippen LogP contribution in [0.5, 0.6) is 5.75 Å². The number of ether oxygens (including phenoxy) is 1. The zero-order chi connectivity index (χ0) is 13.0. The molecule has 0 unspecified atom stereocenters. The fraction of sp³-hybridized carbons (Fsp3) is 0.308. The van der Waals surface area contributed by atoms with Crippen LogP contribution in [0.15, 0.2) is 30.1 Å². The van der Waals surface area contributed by atoms with Gasteiger partial charge in [-0.25, -0.2) is 4.39 Å². The zero-order valence-electron chi connectivity index (χ0n) is 10.3. The van der Waals surface area contributed by atoms with Crippen molar-refractivity contribution in [2.24, 2.45) is 5.73 Å². The Bertz CT molecular complexity index is 492. The minimum Gasteiger partial charge on any atom is -0.489 e. The molecule has 0 spiro atoms. The molecule has 0 fully saturated rings. The van der Waals surface area contributed by atoms with Gasteiger partial charge in [-0.3, -0.25) is 4.79 Å². The number of benzene rings is 1. The van der Waals surface area contributed by atoms with Crippen LogP contribution in [0.3, 0.4) is 0 Å². The van der Waals surface area contributed by atoms with E-state index >= 15 is 0 Å². The molecule has 1 aliphatic rings. The van der Waals surface area contributed by atoms with Gasteiger partial charge in [0.1, 0.15) is 12.4 Å². The van der Waals surface area contributed by atoms with Gasteiger partial charge in [-0.2, -0.15) is 0 Å². The Balaban J connectivity index is 0.00000180. The monoisotopic (exact) mass is 286 g/mol. The topological polar surface area (TPSA) is 64.3 Å². The molecular weight excluding hydrogens is 271 g/mol. The third kappa shape index (κ3) is 3.68. The lowest BCUT2D eigenvalue weighted by atomic mass is 10.0. The predicted octanol–water partition coefficient (Wildman–Crippen LogP) is 1.59. The van der Waals surface area contributed by atoms with Crippen LogP contribution >= 0.6 is 12.4 Å². The quantitative estimate of drug-likeness (QED) is 0.883. The molecule has 2 rings (SSSR count). The molecule has 0 aliphatic carbocycles. The Kier molecular flexibility index (Phi) is 5.79. The molecule has 1 aromatic carbocycles. The van der Waals surface area contributed by atoms with Crippen LogP contribution in [0.2, 0.25) is 0 Å². The van der Waals surface area contributed by atoms with Crippen LogP contribution in [-0.2, 0) is 6.42 Å². The number of halogens is 2. The van der Waals surface area contributed by atoms with E-state index in [2.05, 4.69) is 5.32 Å². The molecule has 1 aromatic rings. The summed E-state index contributed by atoms with van der Waals surface area (Å²) in [6.45, 7) is 0.864. The lowest BCUT2D eigenvalue weighted by molar-refractivity contribution is 0.0945. The SMILES string of the molecule is Cl.NC/C(=C/F)COc1ccc2c(c1)C(=O)NCC2. The first-order valence-corrected chi connectivity index (χ1v) is 5.76. The number of fused-ring (bicyclic) bond motifs is 1. The average Bonchev–Trinajstić information content (AvgIpc) is 2.41. The molecule has 3 N–H and O–H groups in total. The van der Waals surface area contributed by atoms with Crippen molar-refractivity contribution in [2.75, 3.05) is 19.7 Å². The summed E-state index contributed by atoms with van der Waals surface area (Å²) in [4.78, 5) is 11.6. The second-order valence-corrected chi connectivity index (χ2v) is 4.09. The number of hydrogen-bond donors (Lipinski definition) is 2. The van der Waals surface area contributed by atoms with Crippen molar-refractivity contribution in [3.63, 3.8) is 0 Å². The van der Waals surface area contributed by atoms with Crippen molar-refractivity contribution in [1.82, 2.24) is 5.32 Å². The molecule has 0 radical (unpaired) electrons. The highest BCUT2D eigenvalue weighted by atomic mass is 35.5. The Hall–Kier alpha value is -1.59. The summed E-state index contributed by atoms with van der Waals surface area (Å²) in [7, 11) is 0. The van der Waals surface area contributed by atoms with Gasteiger partial charge in [-0.15, -0.1) is 12.4 Å². The molecule has 4 nitrogen and oxygen atoms in total. The number of hydrogen-bond acceptors (Lipinski definition) is 3. The maximum absolute atomic E-state index is 12.3. The highest BCUT2D eigenvalue weighted by molar-refractivity contribution is 5.97. The van der Waals surface area contributed by atoms with Gasteiger partial charge in [0.2, 0.25) is 0 Å². The van der Waals surface area contributed by atoms with Crippen LogP contribution < -0.4 is 15.8 Å². The molecule has 104 valence electrons. The first kappa shape index (κ1) is 15.5. The fourth-order valence-electron chi connectivity index (χ4n) is 1.79. The molecule has 0 saturated heterocycles. The second-order valence-electron chi connectivity index (χ2n) is 4.09. The van der Waals surface area contributed by atoms with E-state index in [4.69, 9.17) is 10.5 Å². The number of amides is 1. The summed E-state index contributed by atoms with van der Waals surface area (Å²) in [6.07, 6.45) is 1.27. The van der Waals surface area contributed by atoms with E-state index in [-0.39, 0.29) is 31.5 Å². The van der Waals surface area contributed by atoms with Crippen molar-refractivity contribution >= 4 is 18.3 Å². The number of carbonyl (C=O) groups excluding carboxylic acids is 1. The van der Waals surface area contributed by atoms with Crippen LogP contribution in [0, 0.1) is 0 Å². The molecule has 1 amide bonds. The predicted molar refractivity (Wildman–Crippen MR) is 73.5 cm³/mol. The number of nitrogens with two attached hydrogens (primary N) is 1. The van der Waals surface area contributed by atoms with Crippen molar-refractivity contribution in [2.45, 2.75) is 6.42 Å². The molecule has 6 heteroatoms. The van der Waals surface area contributed by atoms with Crippen molar-refractivity contribution in [3.8, 4) is 5.75 Å². The summed E-state index contributed by atoms with van der Waals surface area (Å²) < 4.78 is 17.7. The van der Waals surface area contributed by atoms with Gasteiger partial charge in [-0.1, -0.05) is 6.07 Å². The first-order chi connectivity index (χ1) is 8.74. The van der Waals surface area contributed by atoms with Crippen LogP contribution in [0.1, 0.15) is 15.9 Å². The van der Waals surface area contributed by atoms with Crippen molar-refractivity contribution in [1.29, 1.82) is 0 Å². The number of nitrogens with one attached hydrogen (secondary N) is 1. The molecule has 0 saturated carbocycles. The van der Waals surface area contributed by atoms with Gasteiger partial charge in [0.25, 0.3) is 5.91 Å². The second kappa shape index (κ2) is 7.11. The van der Waals surface area contributed by atoms with Gasteiger partial charge in [-0.05, 0) is 24.1 Å². The summed E-state index contributed by atoms with van der Waals surface area (Å²) in [5.74, 6) is 0.445. The molecule has 0 aromatic heterocycles. The van der Waals surface area contributed by atoms with E-state index in [0.29, 0.717) is 29.8 Å². The van der Waals surface area contributed by atoms with Crippen molar-refractivity contribution in [3.05, 3.63) is 41.2 Å². The van der Waals surface area contributed by atoms with Crippen LogP contribution in [-0.4, -0.2) is 25.6 Å². The maximum Gasteiger partial charge on any atom is 0.251 e. The summed E-state index contributed by atoms with van der Waals surface area (Å²) in [5, 5.41) is 2.77. The van der Waals surface area contributed by atoms with E-state index in [9.17, 15) is 9.18 Å². The Morgan fingerprint density at radius 2 is 2.32 bits per heavy atom. The third-order valence-electron chi connectivity index (χ3n) is 2.85. The highest BCUT2D eigenvalue weighted by Gasteiger charge is 2.16. The molecule has 1 aliphatic heterocycles. The Morgan fingerprint density at radius 3 is 3.00 bits per heavy atom. The van der Waals surface area contributed by atoms with Gasteiger partial charge in [0.05, 0.1) is 6.33 Å². The van der Waals surface area contributed by atoms with E-state index in [1.165, 1.54) is 0 Å². The van der Waals surface area contributed by atoms with Crippen molar-refractivity contribution < 1.29 is 13.9 Å². The molecule has 19 heavy (non-hydrogen) atoms. The molecular formula is C13H16ClFN2O2. The Morgan fingerprint density at radius 1 is 1.53 bits per heavy atom. The van der Waals surface area contributed by atoms with Gasteiger partial charge < -0.3 is 15.8 Å². The minimum absolute atomic E-state index is 0. The maximum atomic E-state index is 12.3. The van der Waals surface area contributed by atoms with Crippen LogP contribution in [0.25, 0.3) is 0 Å². The zero-order valence-corrected chi connectivity index (χ0v) is 11.1. The smallest absolute Gasteiger partial charge is 0.251 e. The average molecular weight is 287 g/mol. The minimum atomic E-state index is -0.0956. The standard InChI is InChI=1S/C13H15FN2O2.ClH/c14-6-9(7-15)8-18-11-2-1-10-3-4-16-13(17)12(10)5-11;/h1-2,5-6H,3-4,7-8,15H2,(H,16,17);1H/b9-6-;. The Labute approximate surface area is 117 Å². The molecule has 0 atom stereocenters. The van der Waals surface area contributed by atoms with E-state index in [1.54, 1.807) is 12.1 Å². The summed E-state index contributed by atoms with van der Waals surface area (Å²) in [6, 6.07) is 5.32. The van der Waals surface area contributed by atoms with Gasteiger partial charge >= 0.3 is 0 Å². The fourth-order valence-corrected chi connectivity index (χ4v) is 1.79. The number of carbonyl (C=O) groups is 1. The van der Waals surface area contributed by atoms with E-state index < -0.39 is 0 Å². The lowest BCUT2D eigenvalue weighted by Gasteiger charge is -2.17. The van der Waals surface area contributed by atoms with Gasteiger partial charge in [0, 0.05) is 24.2 Å². The van der Waals surface area contributed by atoms with Gasteiger partial charge in [0.15, 0.2) is 0 Å². The lowest BCUT2D eigenvalue weighted by Crippen LogP contribution is -2.31. The molecule has 1 heterocycles. The highest BCUT2D eigenvalue weighted by Crippen LogP contribution is 2.21. The summed E-state index contributed by atoms with van der Waals surface area (Å²) in [5.41, 5.74) is 7.33. The van der Waals surface area contributed by atoms with E-state index in [0.717, 1.165) is 12.0 Å². The first-order valence-electron chi connectivity index (χ1n) is 5.76.